The fourth-order valence-corrected chi connectivity index (χ4v) is 3.87. The third-order valence-electron chi connectivity index (χ3n) is 3.64. The maximum atomic E-state index is 12.2. The summed E-state index contributed by atoms with van der Waals surface area (Å²) in [6, 6.07) is 12.8. The van der Waals surface area contributed by atoms with Crippen molar-refractivity contribution in [3.8, 4) is 22.4 Å². The second-order valence-corrected chi connectivity index (χ2v) is 7.86. The average Bonchev–Trinajstić information content (AvgIpc) is 3.29. The normalized spacial score (nSPS) is 11.6. The molecule has 1 N–H and O–H groups in total. The number of thiophene rings is 1. The summed E-state index contributed by atoms with van der Waals surface area (Å²) in [6.07, 6.45) is -0.622. The van der Waals surface area contributed by atoms with Crippen molar-refractivity contribution in [2.75, 3.05) is 0 Å². The Hall–Kier alpha value is -2.69. The van der Waals surface area contributed by atoms with E-state index >= 15 is 0 Å². The first-order valence-electron chi connectivity index (χ1n) is 8.01. The largest absolute Gasteiger partial charge is 0.481 e. The second-order valence-electron chi connectivity index (χ2n) is 5.63. The Balaban J connectivity index is 1.53. The molecule has 0 saturated carbocycles. The maximum Gasteiger partial charge on any atom is 0.261 e. The Morgan fingerprint density at radius 1 is 1.31 bits per heavy atom. The number of amides is 1. The van der Waals surface area contributed by atoms with Gasteiger partial charge in [0.25, 0.3) is 5.91 Å². The van der Waals surface area contributed by atoms with Crippen LogP contribution in [0, 0.1) is 18.3 Å². The van der Waals surface area contributed by atoms with Crippen molar-refractivity contribution in [2.24, 2.45) is 0 Å². The molecule has 26 heavy (non-hydrogen) atoms. The predicted octanol–water partition coefficient (Wildman–Crippen LogP) is 4.14. The predicted molar refractivity (Wildman–Crippen MR) is 103 cm³/mol. The number of hydrogen-bond donors (Lipinski definition) is 1. The average molecular weight is 383 g/mol. The lowest BCUT2D eigenvalue weighted by Crippen LogP contribution is -2.35. The van der Waals surface area contributed by atoms with Crippen molar-refractivity contribution < 1.29 is 9.53 Å². The molecule has 5 nitrogen and oxygen atoms in total. The molecule has 132 valence electrons. The van der Waals surface area contributed by atoms with Gasteiger partial charge >= 0.3 is 0 Å². The molecule has 1 aromatic carbocycles. The van der Waals surface area contributed by atoms with E-state index in [0.717, 1.165) is 20.5 Å². The van der Waals surface area contributed by atoms with Crippen molar-refractivity contribution in [1.82, 2.24) is 10.3 Å². The molecule has 0 bridgehead atoms. The van der Waals surface area contributed by atoms with Crippen LogP contribution < -0.4 is 10.1 Å². The lowest BCUT2D eigenvalue weighted by molar-refractivity contribution is -0.127. The summed E-state index contributed by atoms with van der Waals surface area (Å²) in [5.41, 5.74) is 1.53. The third kappa shape index (κ3) is 4.48. The van der Waals surface area contributed by atoms with Gasteiger partial charge in [0.1, 0.15) is 5.75 Å². The maximum absolute atomic E-state index is 12.2. The van der Waals surface area contributed by atoms with Crippen LogP contribution in [0.2, 0.25) is 0 Å². The van der Waals surface area contributed by atoms with E-state index in [9.17, 15) is 4.79 Å². The number of rotatable bonds is 6. The molecular formula is C19H17N3O2S2. The zero-order valence-corrected chi connectivity index (χ0v) is 16.0. The van der Waals surface area contributed by atoms with Crippen LogP contribution in [-0.4, -0.2) is 17.0 Å². The number of benzene rings is 1. The van der Waals surface area contributed by atoms with Crippen LogP contribution in [0.5, 0.6) is 5.75 Å². The van der Waals surface area contributed by atoms with Gasteiger partial charge in [-0.15, -0.1) is 22.7 Å². The van der Waals surface area contributed by atoms with E-state index in [1.807, 2.05) is 30.5 Å². The van der Waals surface area contributed by atoms with Gasteiger partial charge in [-0.1, -0.05) is 0 Å². The van der Waals surface area contributed by atoms with E-state index < -0.39 is 6.10 Å². The topological polar surface area (TPSA) is 75.0 Å². The van der Waals surface area contributed by atoms with Crippen LogP contribution in [0.25, 0.3) is 10.6 Å². The first-order valence-corrected chi connectivity index (χ1v) is 9.70. The van der Waals surface area contributed by atoms with Gasteiger partial charge in [-0.05, 0) is 50.2 Å². The van der Waals surface area contributed by atoms with E-state index in [1.165, 1.54) is 0 Å². The van der Waals surface area contributed by atoms with Crippen molar-refractivity contribution >= 4 is 28.6 Å². The Kier molecular flexibility index (Phi) is 5.66. The highest BCUT2D eigenvalue weighted by Crippen LogP contribution is 2.28. The van der Waals surface area contributed by atoms with Crippen LogP contribution in [0.1, 0.15) is 22.4 Å². The fraction of sp³-hybridized carbons (Fsp3) is 0.211. The summed E-state index contributed by atoms with van der Waals surface area (Å²) in [5.74, 6) is 0.373. The van der Waals surface area contributed by atoms with Crippen LogP contribution in [0.4, 0.5) is 0 Å². The van der Waals surface area contributed by atoms with E-state index in [-0.39, 0.29) is 5.91 Å². The molecule has 1 amide bonds. The van der Waals surface area contributed by atoms with E-state index in [0.29, 0.717) is 17.9 Å². The van der Waals surface area contributed by atoms with Crippen LogP contribution in [-0.2, 0) is 11.3 Å². The van der Waals surface area contributed by atoms with Gasteiger partial charge in [-0.25, -0.2) is 4.98 Å². The van der Waals surface area contributed by atoms with Crippen molar-refractivity contribution in [3.63, 3.8) is 0 Å². The fourth-order valence-electron chi connectivity index (χ4n) is 2.27. The molecule has 0 spiro atoms. The molecular weight excluding hydrogens is 366 g/mol. The monoisotopic (exact) mass is 383 g/mol. The molecule has 0 aliphatic rings. The number of ether oxygens (including phenoxy) is 1. The molecule has 0 fully saturated rings. The molecule has 3 rings (SSSR count). The number of carbonyl (C=O) groups is 1. The van der Waals surface area contributed by atoms with Gasteiger partial charge in [-0.3, -0.25) is 4.79 Å². The molecule has 2 aromatic heterocycles. The molecule has 7 heteroatoms. The summed E-state index contributed by atoms with van der Waals surface area (Å²) in [4.78, 5) is 18.9. The molecule has 0 saturated heterocycles. The summed E-state index contributed by atoms with van der Waals surface area (Å²) in [6.45, 7) is 4.14. The van der Waals surface area contributed by atoms with E-state index in [1.54, 1.807) is 53.9 Å². The second kappa shape index (κ2) is 8.13. The lowest BCUT2D eigenvalue weighted by atomic mass is 10.2. The Morgan fingerprint density at radius 3 is 2.73 bits per heavy atom. The van der Waals surface area contributed by atoms with E-state index in [4.69, 9.17) is 10.00 Å². The van der Waals surface area contributed by atoms with Crippen molar-refractivity contribution in [3.05, 3.63) is 57.2 Å². The van der Waals surface area contributed by atoms with Crippen molar-refractivity contribution in [2.45, 2.75) is 26.5 Å². The minimum Gasteiger partial charge on any atom is -0.481 e. The first-order chi connectivity index (χ1) is 12.5. The standard InChI is InChI=1S/C19H17N3O2S2/c1-12(24-15-5-3-14(9-20)4-6-15)19(23)21-10-16-7-8-18(26-16)17-11-25-13(2)22-17/h3-8,11-12H,10H2,1-2H3,(H,21,23)/t12-/m0/s1. The van der Waals surface area contributed by atoms with Gasteiger partial charge in [0.15, 0.2) is 6.10 Å². The highest BCUT2D eigenvalue weighted by Gasteiger charge is 2.15. The Morgan fingerprint density at radius 2 is 2.08 bits per heavy atom. The summed E-state index contributed by atoms with van der Waals surface area (Å²) >= 11 is 3.24. The summed E-state index contributed by atoms with van der Waals surface area (Å²) in [7, 11) is 0. The Labute approximate surface area is 159 Å². The number of nitriles is 1. The minimum absolute atomic E-state index is 0.186. The number of nitrogens with zero attached hydrogens (tertiary/aromatic N) is 2. The minimum atomic E-state index is -0.622. The number of thiazole rings is 1. The van der Waals surface area contributed by atoms with Crippen LogP contribution >= 0.6 is 22.7 Å². The molecule has 0 aliphatic carbocycles. The molecule has 0 unspecified atom stereocenters. The van der Waals surface area contributed by atoms with Gasteiger partial charge in [0.05, 0.1) is 33.8 Å². The first kappa shape index (κ1) is 18.1. The lowest BCUT2D eigenvalue weighted by Gasteiger charge is -2.14. The zero-order valence-electron chi connectivity index (χ0n) is 14.4. The molecule has 1 atom stereocenters. The van der Waals surface area contributed by atoms with Crippen LogP contribution in [0.15, 0.2) is 41.8 Å². The zero-order chi connectivity index (χ0) is 18.5. The molecule has 0 aliphatic heterocycles. The third-order valence-corrected chi connectivity index (χ3v) is 5.52. The number of hydrogen-bond acceptors (Lipinski definition) is 6. The van der Waals surface area contributed by atoms with E-state index in [2.05, 4.69) is 10.3 Å². The van der Waals surface area contributed by atoms with Gasteiger partial charge in [0, 0.05) is 10.3 Å². The van der Waals surface area contributed by atoms with Crippen LogP contribution in [0.3, 0.4) is 0 Å². The number of aryl methyl sites for hydroxylation is 1. The highest BCUT2D eigenvalue weighted by atomic mass is 32.1. The molecule has 0 radical (unpaired) electrons. The quantitative estimate of drug-likeness (QED) is 0.694. The molecule has 2 heterocycles. The molecule has 3 aromatic rings. The number of carbonyl (C=O) groups excluding carboxylic acids is 1. The smallest absolute Gasteiger partial charge is 0.261 e. The van der Waals surface area contributed by atoms with Gasteiger partial charge < -0.3 is 10.1 Å². The van der Waals surface area contributed by atoms with Crippen molar-refractivity contribution in [1.29, 1.82) is 5.26 Å². The number of aromatic nitrogens is 1. The highest BCUT2D eigenvalue weighted by molar-refractivity contribution is 7.16. The van der Waals surface area contributed by atoms with Gasteiger partial charge in [-0.2, -0.15) is 5.26 Å². The Bertz CT molecular complexity index is 938. The summed E-state index contributed by atoms with van der Waals surface area (Å²) in [5, 5.41) is 14.8. The summed E-state index contributed by atoms with van der Waals surface area (Å²) < 4.78 is 5.61. The number of nitrogens with one attached hydrogen (secondary N) is 1. The SMILES string of the molecule is Cc1nc(-c2ccc(CNC(=O)[C@H](C)Oc3ccc(C#N)cc3)s2)cs1. The van der Waals surface area contributed by atoms with Gasteiger partial charge in [0.2, 0.25) is 0 Å².